The maximum atomic E-state index is 4.81. The second kappa shape index (κ2) is 11.8. The lowest BCUT2D eigenvalue weighted by Crippen LogP contribution is -2.13. The van der Waals surface area contributed by atoms with E-state index in [-0.39, 0.29) is 0 Å². The highest BCUT2D eigenvalue weighted by Crippen LogP contribution is 2.47. The summed E-state index contributed by atoms with van der Waals surface area (Å²) in [6.45, 7) is 12.3. The fourth-order valence-corrected chi connectivity index (χ4v) is 6.71. The molecule has 8 aromatic rings. The normalized spacial score (nSPS) is 11.3. The molecular formula is C44H34N4. The summed E-state index contributed by atoms with van der Waals surface area (Å²) in [5.41, 5.74) is 8.53. The molecule has 2 heterocycles. The number of hydrogen-bond acceptors (Lipinski definition) is 4. The Hall–Kier alpha value is -6.26. The monoisotopic (exact) mass is 618 g/mol. The molecule has 0 N–H and O–H groups in total. The van der Waals surface area contributed by atoms with Crippen LogP contribution in [0.25, 0.3) is 43.5 Å². The minimum atomic E-state index is 0.857. The first-order valence-electron chi connectivity index (χ1n) is 16.1. The van der Waals surface area contributed by atoms with Crippen molar-refractivity contribution in [2.45, 2.75) is 13.8 Å². The first-order chi connectivity index (χ1) is 23.5. The number of pyridine rings is 2. The van der Waals surface area contributed by atoms with Gasteiger partial charge in [0.15, 0.2) is 0 Å². The molecule has 0 amide bonds. The molecule has 0 saturated heterocycles. The zero-order valence-corrected chi connectivity index (χ0v) is 27.1. The predicted molar refractivity (Wildman–Crippen MR) is 205 cm³/mol. The van der Waals surface area contributed by atoms with Crippen molar-refractivity contribution in [3.63, 3.8) is 0 Å². The van der Waals surface area contributed by atoms with Gasteiger partial charge in [-0.15, -0.1) is 0 Å². The molecule has 0 atom stereocenters. The van der Waals surface area contributed by atoms with E-state index < -0.39 is 0 Å². The smallest absolute Gasteiger partial charge is 0.137 e. The first-order valence-corrected chi connectivity index (χ1v) is 16.1. The molecule has 230 valence electrons. The van der Waals surface area contributed by atoms with Crippen LogP contribution in [0.15, 0.2) is 159 Å². The van der Waals surface area contributed by atoms with Crippen LogP contribution in [0.3, 0.4) is 0 Å². The predicted octanol–water partition coefficient (Wildman–Crippen LogP) is 12.4. The van der Waals surface area contributed by atoms with Gasteiger partial charge >= 0.3 is 0 Å². The standard InChI is InChI=1S/C44H34N4/c1-29(2)31-11-19-35(20-12-31)47(41-9-5-7-27-45-41)39-25-17-33-16-24-38-40(26-18-34-15-23-37(39)43(33)44(34)38)48(42-10-6-8-28-46-42)36-21-13-32(14-22-36)30(3)4/h5-28H,1,3H2,2,4H3. The maximum absolute atomic E-state index is 4.81. The Morgan fingerprint density at radius 3 is 1.21 bits per heavy atom. The average Bonchev–Trinajstić information content (AvgIpc) is 3.13. The number of anilines is 6. The van der Waals surface area contributed by atoms with Crippen molar-refractivity contribution in [2.24, 2.45) is 0 Å². The van der Waals surface area contributed by atoms with Gasteiger partial charge in [0.2, 0.25) is 0 Å². The molecule has 0 aliphatic heterocycles. The van der Waals surface area contributed by atoms with Crippen molar-refractivity contribution in [1.29, 1.82) is 0 Å². The molecule has 0 aliphatic rings. The number of benzene rings is 6. The molecule has 0 fully saturated rings. The van der Waals surface area contributed by atoms with E-state index in [4.69, 9.17) is 9.97 Å². The molecule has 0 saturated carbocycles. The minimum absolute atomic E-state index is 0.857. The summed E-state index contributed by atoms with van der Waals surface area (Å²) in [5.74, 6) is 1.71. The van der Waals surface area contributed by atoms with E-state index in [2.05, 4.69) is 132 Å². The van der Waals surface area contributed by atoms with Gasteiger partial charge in [0.25, 0.3) is 0 Å². The van der Waals surface area contributed by atoms with Crippen LogP contribution in [0.2, 0.25) is 0 Å². The van der Waals surface area contributed by atoms with Crippen molar-refractivity contribution < 1.29 is 0 Å². The van der Waals surface area contributed by atoms with Crippen LogP contribution in [0.1, 0.15) is 25.0 Å². The minimum Gasteiger partial charge on any atom is -0.294 e. The van der Waals surface area contributed by atoms with E-state index in [1.165, 1.54) is 21.5 Å². The lowest BCUT2D eigenvalue weighted by molar-refractivity contribution is 1.19. The van der Waals surface area contributed by atoms with Gasteiger partial charge < -0.3 is 0 Å². The second-order valence-corrected chi connectivity index (χ2v) is 12.3. The number of allylic oxidation sites excluding steroid dienone is 2. The van der Waals surface area contributed by atoms with Gasteiger partial charge in [-0.25, -0.2) is 9.97 Å². The molecule has 2 aromatic heterocycles. The Kier molecular flexibility index (Phi) is 7.19. The third-order valence-corrected chi connectivity index (χ3v) is 9.09. The quantitative estimate of drug-likeness (QED) is 0.159. The van der Waals surface area contributed by atoms with Crippen molar-refractivity contribution in [3.8, 4) is 0 Å². The van der Waals surface area contributed by atoms with E-state index >= 15 is 0 Å². The average molecular weight is 619 g/mol. The fourth-order valence-electron chi connectivity index (χ4n) is 6.71. The molecule has 6 aromatic carbocycles. The van der Waals surface area contributed by atoms with Gasteiger partial charge in [0, 0.05) is 34.5 Å². The molecule has 0 unspecified atom stereocenters. The summed E-state index contributed by atoms with van der Waals surface area (Å²) in [4.78, 5) is 14.1. The Labute approximate surface area is 280 Å². The Balaban J connectivity index is 1.37. The van der Waals surface area contributed by atoms with Crippen LogP contribution in [0.5, 0.6) is 0 Å². The molecule has 0 aliphatic carbocycles. The van der Waals surface area contributed by atoms with Gasteiger partial charge in [0.1, 0.15) is 11.6 Å². The highest BCUT2D eigenvalue weighted by Gasteiger charge is 2.22. The number of aromatic nitrogens is 2. The van der Waals surface area contributed by atoms with Gasteiger partial charge in [-0.1, -0.05) is 97.1 Å². The van der Waals surface area contributed by atoms with Crippen LogP contribution in [-0.4, -0.2) is 9.97 Å². The summed E-state index contributed by atoms with van der Waals surface area (Å²) >= 11 is 0. The van der Waals surface area contributed by atoms with E-state index in [1.807, 2.05) is 50.5 Å². The van der Waals surface area contributed by atoms with E-state index in [9.17, 15) is 0 Å². The molecule has 4 heteroatoms. The lowest BCUT2D eigenvalue weighted by Gasteiger charge is -2.28. The Morgan fingerprint density at radius 1 is 0.458 bits per heavy atom. The zero-order valence-electron chi connectivity index (χ0n) is 27.1. The summed E-state index contributed by atoms with van der Waals surface area (Å²) < 4.78 is 0. The SMILES string of the molecule is C=C(C)c1ccc(N(c2ccccn2)c2ccc3ccc4c(N(c5ccc(C(=C)C)cc5)c5ccccn5)ccc5ccc2c3c54)cc1. The van der Waals surface area contributed by atoms with Gasteiger partial charge in [0.05, 0.1) is 11.4 Å². The van der Waals surface area contributed by atoms with Crippen LogP contribution in [-0.2, 0) is 0 Å². The van der Waals surface area contributed by atoms with Gasteiger partial charge in [-0.3, -0.25) is 9.80 Å². The molecular weight excluding hydrogens is 585 g/mol. The summed E-state index contributed by atoms with van der Waals surface area (Å²) in [5, 5.41) is 7.15. The van der Waals surface area contributed by atoms with E-state index in [0.717, 1.165) is 67.4 Å². The number of rotatable bonds is 8. The highest BCUT2D eigenvalue weighted by molar-refractivity contribution is 6.28. The largest absolute Gasteiger partial charge is 0.294 e. The molecule has 8 rings (SSSR count). The van der Waals surface area contributed by atoms with Crippen LogP contribution in [0, 0.1) is 0 Å². The third kappa shape index (κ3) is 4.95. The van der Waals surface area contributed by atoms with Gasteiger partial charge in [-0.05, 0) is 107 Å². The van der Waals surface area contributed by atoms with Crippen molar-refractivity contribution in [2.75, 3.05) is 9.80 Å². The fraction of sp³-hybridized carbons (Fsp3) is 0.0455. The molecule has 0 radical (unpaired) electrons. The summed E-state index contributed by atoms with van der Waals surface area (Å²) in [7, 11) is 0. The van der Waals surface area contributed by atoms with Gasteiger partial charge in [-0.2, -0.15) is 0 Å². The van der Waals surface area contributed by atoms with Crippen molar-refractivity contribution in [1.82, 2.24) is 9.97 Å². The lowest BCUT2D eigenvalue weighted by atomic mass is 9.92. The van der Waals surface area contributed by atoms with E-state index in [1.54, 1.807) is 0 Å². The van der Waals surface area contributed by atoms with E-state index in [0.29, 0.717) is 0 Å². The van der Waals surface area contributed by atoms with Crippen LogP contribution >= 0.6 is 0 Å². The topological polar surface area (TPSA) is 32.3 Å². The van der Waals surface area contributed by atoms with Crippen molar-refractivity contribution in [3.05, 3.63) is 170 Å². The molecule has 4 nitrogen and oxygen atoms in total. The number of nitrogens with zero attached hydrogens (tertiary/aromatic N) is 4. The first kappa shape index (κ1) is 29.2. The third-order valence-electron chi connectivity index (χ3n) is 9.09. The second-order valence-electron chi connectivity index (χ2n) is 12.3. The Bertz CT molecular complexity index is 2260. The Morgan fingerprint density at radius 2 is 0.854 bits per heavy atom. The summed E-state index contributed by atoms with van der Waals surface area (Å²) in [6, 6.07) is 47.1. The van der Waals surface area contributed by atoms with Crippen molar-refractivity contribution >= 4 is 77.8 Å². The molecule has 48 heavy (non-hydrogen) atoms. The maximum Gasteiger partial charge on any atom is 0.137 e. The number of hydrogen-bond donors (Lipinski definition) is 0. The molecule has 0 spiro atoms. The zero-order chi connectivity index (χ0) is 32.8. The molecule has 0 bridgehead atoms. The van der Waals surface area contributed by atoms with Crippen LogP contribution in [0.4, 0.5) is 34.4 Å². The highest BCUT2D eigenvalue weighted by atomic mass is 15.2. The summed E-state index contributed by atoms with van der Waals surface area (Å²) in [6.07, 6.45) is 3.70. The van der Waals surface area contributed by atoms with Crippen LogP contribution < -0.4 is 9.80 Å².